The number of carbonyl (C=O) groups is 1. The minimum absolute atomic E-state index is 0.0452. The summed E-state index contributed by atoms with van der Waals surface area (Å²) in [6.45, 7) is 1.69. The Kier molecular flexibility index (Phi) is 4.46. The summed E-state index contributed by atoms with van der Waals surface area (Å²) >= 11 is 1.17. The van der Waals surface area contributed by atoms with E-state index in [1.165, 1.54) is 23.5 Å². The Morgan fingerprint density at radius 2 is 1.58 bits per heavy atom. The molecular formula is C17H14N2O3S2. The summed E-state index contributed by atoms with van der Waals surface area (Å²) < 4.78 is 26.6. The van der Waals surface area contributed by atoms with Gasteiger partial charge >= 0.3 is 0 Å². The maximum absolute atomic E-state index is 12.4. The van der Waals surface area contributed by atoms with Crippen molar-refractivity contribution in [3.8, 4) is 10.6 Å². The molecule has 7 heteroatoms. The van der Waals surface area contributed by atoms with Gasteiger partial charge in [-0.05, 0) is 19.1 Å². The molecule has 122 valence electrons. The van der Waals surface area contributed by atoms with E-state index < -0.39 is 15.9 Å². The van der Waals surface area contributed by atoms with Gasteiger partial charge in [0.05, 0.1) is 10.6 Å². The van der Waals surface area contributed by atoms with Crippen molar-refractivity contribution in [2.45, 2.75) is 11.8 Å². The molecule has 1 N–H and O–H groups in total. The lowest BCUT2D eigenvalue weighted by molar-refractivity contribution is 0.0984. The van der Waals surface area contributed by atoms with Gasteiger partial charge in [0.1, 0.15) is 9.88 Å². The quantitative estimate of drug-likeness (QED) is 0.777. The van der Waals surface area contributed by atoms with Crippen molar-refractivity contribution >= 4 is 27.3 Å². The minimum atomic E-state index is -3.90. The molecule has 0 radical (unpaired) electrons. The molecule has 24 heavy (non-hydrogen) atoms. The van der Waals surface area contributed by atoms with Crippen LogP contribution in [0.15, 0.2) is 65.6 Å². The molecule has 0 atom stereocenters. The first kappa shape index (κ1) is 16.4. The highest BCUT2D eigenvalue weighted by molar-refractivity contribution is 7.90. The van der Waals surface area contributed by atoms with E-state index in [0.717, 1.165) is 5.56 Å². The van der Waals surface area contributed by atoms with E-state index in [4.69, 9.17) is 0 Å². The number of amides is 1. The van der Waals surface area contributed by atoms with E-state index in [2.05, 4.69) is 9.71 Å². The lowest BCUT2D eigenvalue weighted by Crippen LogP contribution is -2.30. The zero-order chi connectivity index (χ0) is 17.2. The van der Waals surface area contributed by atoms with Crippen LogP contribution in [0.2, 0.25) is 0 Å². The summed E-state index contributed by atoms with van der Waals surface area (Å²) in [4.78, 5) is 17.1. The summed E-state index contributed by atoms with van der Waals surface area (Å²) in [7, 11) is -3.90. The summed E-state index contributed by atoms with van der Waals surface area (Å²) in [5.74, 6) is -0.670. The third kappa shape index (κ3) is 3.37. The van der Waals surface area contributed by atoms with Gasteiger partial charge in [-0.15, -0.1) is 11.3 Å². The number of rotatable bonds is 4. The summed E-state index contributed by atoms with van der Waals surface area (Å²) in [6.07, 6.45) is 0. The fourth-order valence-electron chi connectivity index (χ4n) is 2.14. The van der Waals surface area contributed by atoms with Gasteiger partial charge in [-0.1, -0.05) is 48.5 Å². The smallest absolute Gasteiger partial charge is 0.267 e. The third-order valence-electron chi connectivity index (χ3n) is 3.30. The van der Waals surface area contributed by atoms with Gasteiger partial charge in [0.2, 0.25) is 0 Å². The molecule has 5 nitrogen and oxygen atoms in total. The van der Waals surface area contributed by atoms with Crippen LogP contribution >= 0.6 is 11.3 Å². The van der Waals surface area contributed by atoms with E-state index in [1.54, 1.807) is 25.1 Å². The molecule has 1 aromatic heterocycles. The first-order chi connectivity index (χ1) is 11.5. The van der Waals surface area contributed by atoms with Crippen LogP contribution < -0.4 is 4.72 Å². The molecule has 1 heterocycles. The van der Waals surface area contributed by atoms with Gasteiger partial charge in [-0.3, -0.25) is 4.79 Å². The molecule has 0 fully saturated rings. The van der Waals surface area contributed by atoms with Crippen LogP contribution in [0.1, 0.15) is 15.4 Å². The number of hydrogen-bond donors (Lipinski definition) is 1. The van der Waals surface area contributed by atoms with Crippen LogP contribution in [0.4, 0.5) is 0 Å². The maximum Gasteiger partial charge on any atom is 0.277 e. The number of thiazole rings is 1. The molecule has 0 aliphatic heterocycles. The molecule has 0 bridgehead atoms. The van der Waals surface area contributed by atoms with Crippen LogP contribution in [-0.2, 0) is 10.0 Å². The molecule has 3 aromatic rings. The van der Waals surface area contributed by atoms with Gasteiger partial charge in [0, 0.05) is 5.56 Å². The highest BCUT2D eigenvalue weighted by Crippen LogP contribution is 2.27. The van der Waals surface area contributed by atoms with E-state index in [0.29, 0.717) is 10.7 Å². The molecule has 3 rings (SSSR count). The second kappa shape index (κ2) is 6.54. The summed E-state index contributed by atoms with van der Waals surface area (Å²) in [5, 5.41) is 0.676. The lowest BCUT2D eigenvalue weighted by atomic mass is 10.2. The van der Waals surface area contributed by atoms with Crippen LogP contribution in [0, 0.1) is 6.92 Å². The normalized spacial score (nSPS) is 11.2. The SMILES string of the molecule is Cc1nc(-c2ccccc2)sc1C(=O)NS(=O)(=O)c1ccccc1. The minimum Gasteiger partial charge on any atom is -0.267 e. The van der Waals surface area contributed by atoms with Gasteiger partial charge < -0.3 is 0 Å². The number of carbonyl (C=O) groups excluding carboxylic acids is 1. The Labute approximate surface area is 144 Å². The van der Waals surface area contributed by atoms with Crippen molar-refractivity contribution in [2.24, 2.45) is 0 Å². The molecule has 0 aliphatic carbocycles. The largest absolute Gasteiger partial charge is 0.277 e. The number of benzene rings is 2. The Bertz CT molecular complexity index is 966. The van der Waals surface area contributed by atoms with Crippen molar-refractivity contribution < 1.29 is 13.2 Å². The standard InChI is InChI=1S/C17H14N2O3S2/c1-12-15(23-17(18-12)13-8-4-2-5-9-13)16(20)19-24(21,22)14-10-6-3-7-11-14/h2-11H,1H3,(H,19,20). The third-order valence-corrected chi connectivity index (χ3v) is 5.86. The average Bonchev–Trinajstić information content (AvgIpc) is 2.98. The number of aromatic nitrogens is 1. The first-order valence-corrected chi connectivity index (χ1v) is 9.42. The van der Waals surface area contributed by atoms with E-state index in [1.807, 2.05) is 30.3 Å². The molecular weight excluding hydrogens is 344 g/mol. The summed E-state index contributed by atoms with van der Waals surface area (Å²) in [5.41, 5.74) is 1.38. The Morgan fingerprint density at radius 3 is 2.21 bits per heavy atom. The highest BCUT2D eigenvalue weighted by atomic mass is 32.2. The first-order valence-electron chi connectivity index (χ1n) is 7.12. The number of nitrogens with zero attached hydrogens (tertiary/aromatic N) is 1. The Hall–Kier alpha value is -2.51. The molecule has 0 unspecified atom stereocenters. The number of nitrogens with one attached hydrogen (secondary N) is 1. The molecule has 0 aliphatic rings. The van der Waals surface area contributed by atoms with Gasteiger partial charge in [-0.25, -0.2) is 18.1 Å². The Balaban J connectivity index is 1.88. The van der Waals surface area contributed by atoms with Gasteiger partial charge in [-0.2, -0.15) is 0 Å². The van der Waals surface area contributed by atoms with Crippen molar-refractivity contribution in [3.63, 3.8) is 0 Å². The van der Waals surface area contributed by atoms with Gasteiger partial charge in [0.15, 0.2) is 0 Å². The zero-order valence-electron chi connectivity index (χ0n) is 12.8. The van der Waals surface area contributed by atoms with Crippen LogP contribution in [0.5, 0.6) is 0 Å². The van der Waals surface area contributed by atoms with Gasteiger partial charge in [0.25, 0.3) is 15.9 Å². The lowest BCUT2D eigenvalue weighted by Gasteiger charge is -2.05. The molecule has 0 saturated heterocycles. The highest BCUT2D eigenvalue weighted by Gasteiger charge is 2.22. The zero-order valence-corrected chi connectivity index (χ0v) is 14.4. The fourth-order valence-corrected chi connectivity index (χ4v) is 4.15. The van der Waals surface area contributed by atoms with Crippen LogP contribution in [-0.4, -0.2) is 19.3 Å². The van der Waals surface area contributed by atoms with Crippen LogP contribution in [0.3, 0.4) is 0 Å². The topological polar surface area (TPSA) is 76.1 Å². The predicted octanol–water partition coefficient (Wildman–Crippen LogP) is 3.24. The monoisotopic (exact) mass is 358 g/mol. The number of hydrogen-bond acceptors (Lipinski definition) is 5. The van der Waals surface area contributed by atoms with Crippen molar-refractivity contribution in [1.82, 2.24) is 9.71 Å². The number of sulfonamides is 1. The van der Waals surface area contributed by atoms with Crippen LogP contribution in [0.25, 0.3) is 10.6 Å². The molecule has 0 spiro atoms. The van der Waals surface area contributed by atoms with E-state index in [9.17, 15) is 13.2 Å². The number of aryl methyl sites for hydroxylation is 1. The molecule has 0 saturated carbocycles. The van der Waals surface area contributed by atoms with Crippen molar-refractivity contribution in [1.29, 1.82) is 0 Å². The van der Waals surface area contributed by atoms with Crippen molar-refractivity contribution in [3.05, 3.63) is 71.2 Å². The fraction of sp³-hybridized carbons (Fsp3) is 0.0588. The second-order valence-electron chi connectivity index (χ2n) is 5.05. The average molecular weight is 358 g/mol. The van der Waals surface area contributed by atoms with E-state index in [-0.39, 0.29) is 9.77 Å². The maximum atomic E-state index is 12.4. The predicted molar refractivity (Wildman–Crippen MR) is 93.4 cm³/mol. The molecule has 2 aromatic carbocycles. The Morgan fingerprint density at radius 1 is 1.00 bits per heavy atom. The van der Waals surface area contributed by atoms with Crippen molar-refractivity contribution in [2.75, 3.05) is 0 Å². The summed E-state index contributed by atoms with van der Waals surface area (Å²) in [6, 6.07) is 17.2. The second-order valence-corrected chi connectivity index (χ2v) is 7.73. The van der Waals surface area contributed by atoms with E-state index >= 15 is 0 Å². The molecule has 1 amide bonds.